The summed E-state index contributed by atoms with van der Waals surface area (Å²) in [5.41, 5.74) is 6.53. The number of carbonyl (C=O) groups is 2. The van der Waals surface area contributed by atoms with Crippen LogP contribution in [0.3, 0.4) is 0 Å². The summed E-state index contributed by atoms with van der Waals surface area (Å²) < 4.78 is 1.42. The maximum absolute atomic E-state index is 12.6. The molecular formula is C22H25N5O2. The van der Waals surface area contributed by atoms with Crippen LogP contribution in [0.25, 0.3) is 0 Å². The summed E-state index contributed by atoms with van der Waals surface area (Å²) in [4.78, 5) is 25.0. The highest BCUT2D eigenvalue weighted by Gasteiger charge is 2.18. The second kappa shape index (κ2) is 8.26. The Bertz CT molecular complexity index is 1080. The zero-order chi connectivity index (χ0) is 21.1. The van der Waals surface area contributed by atoms with Crippen LogP contribution in [-0.4, -0.2) is 26.8 Å². The monoisotopic (exact) mass is 391 g/mol. The highest BCUT2D eigenvalue weighted by molar-refractivity contribution is 6.04. The normalized spacial score (nSPS) is 10.7. The van der Waals surface area contributed by atoms with E-state index in [0.717, 1.165) is 33.6 Å². The number of nitrogens with one attached hydrogen (secondary N) is 2. The molecular weight excluding hydrogens is 366 g/mol. The summed E-state index contributed by atoms with van der Waals surface area (Å²) in [6.07, 6.45) is 0. The van der Waals surface area contributed by atoms with Crippen molar-refractivity contribution in [3.8, 4) is 0 Å². The third-order valence-electron chi connectivity index (χ3n) is 4.91. The van der Waals surface area contributed by atoms with Crippen molar-refractivity contribution in [2.24, 2.45) is 0 Å². The minimum absolute atomic E-state index is 0.0252. The van der Waals surface area contributed by atoms with Gasteiger partial charge < -0.3 is 10.6 Å². The molecule has 0 aliphatic carbocycles. The molecule has 0 unspecified atom stereocenters. The molecule has 2 aromatic carbocycles. The molecule has 0 radical (unpaired) electrons. The predicted molar refractivity (Wildman–Crippen MR) is 113 cm³/mol. The molecule has 0 bridgehead atoms. The zero-order valence-electron chi connectivity index (χ0n) is 17.3. The lowest BCUT2D eigenvalue weighted by Crippen LogP contribution is -2.21. The Kier molecular flexibility index (Phi) is 5.77. The number of rotatable bonds is 5. The zero-order valence-corrected chi connectivity index (χ0v) is 17.3. The van der Waals surface area contributed by atoms with Gasteiger partial charge in [0.2, 0.25) is 5.91 Å². The molecule has 0 aliphatic heterocycles. The molecule has 0 aliphatic rings. The van der Waals surface area contributed by atoms with E-state index in [2.05, 4.69) is 20.9 Å². The summed E-state index contributed by atoms with van der Waals surface area (Å²) >= 11 is 0. The molecule has 0 saturated carbocycles. The average Bonchev–Trinajstić information content (AvgIpc) is 3.01. The number of aromatic nitrogens is 3. The third-order valence-corrected chi connectivity index (χ3v) is 4.91. The first kappa shape index (κ1) is 20.3. The first-order valence-corrected chi connectivity index (χ1v) is 9.40. The molecule has 0 atom stereocenters. The SMILES string of the molecule is Cc1ccc(NC(=O)c2nnn(CC(=O)Nc3ccc(C)c(C)c3)c2C)c(C)c1. The maximum Gasteiger partial charge on any atom is 0.278 e. The molecule has 7 heteroatoms. The minimum Gasteiger partial charge on any atom is -0.324 e. The number of carbonyl (C=O) groups excluding carboxylic acids is 2. The second-order valence-electron chi connectivity index (χ2n) is 7.30. The van der Waals surface area contributed by atoms with Crippen LogP contribution in [0.4, 0.5) is 11.4 Å². The van der Waals surface area contributed by atoms with Crippen LogP contribution < -0.4 is 10.6 Å². The van der Waals surface area contributed by atoms with E-state index < -0.39 is 0 Å². The van der Waals surface area contributed by atoms with E-state index in [1.54, 1.807) is 6.92 Å². The quantitative estimate of drug-likeness (QED) is 0.694. The van der Waals surface area contributed by atoms with Crippen LogP contribution in [0.2, 0.25) is 0 Å². The summed E-state index contributed by atoms with van der Waals surface area (Å²) in [5.74, 6) is -0.585. The van der Waals surface area contributed by atoms with Crippen LogP contribution in [0.15, 0.2) is 36.4 Å². The van der Waals surface area contributed by atoms with Crippen LogP contribution >= 0.6 is 0 Å². The molecule has 150 valence electrons. The van der Waals surface area contributed by atoms with Gasteiger partial charge in [0.1, 0.15) is 6.54 Å². The van der Waals surface area contributed by atoms with Gasteiger partial charge in [0.25, 0.3) is 5.91 Å². The molecule has 1 aromatic heterocycles. The van der Waals surface area contributed by atoms with E-state index in [4.69, 9.17) is 0 Å². The standard InChI is InChI=1S/C22H25N5O2/c1-13-6-9-19(16(4)10-13)24-22(29)21-17(5)27(26-25-21)12-20(28)23-18-8-7-14(2)15(3)11-18/h6-11H,12H2,1-5H3,(H,23,28)(H,24,29). The first-order chi connectivity index (χ1) is 13.7. The third kappa shape index (κ3) is 4.68. The van der Waals surface area contributed by atoms with Crippen molar-refractivity contribution >= 4 is 23.2 Å². The fourth-order valence-corrected chi connectivity index (χ4v) is 3.01. The number of hydrogen-bond donors (Lipinski definition) is 2. The largest absolute Gasteiger partial charge is 0.324 e. The molecule has 0 spiro atoms. The lowest BCUT2D eigenvalue weighted by atomic mass is 10.1. The van der Waals surface area contributed by atoms with Gasteiger partial charge in [0.15, 0.2) is 5.69 Å². The van der Waals surface area contributed by atoms with Gasteiger partial charge in [-0.3, -0.25) is 9.59 Å². The Balaban J connectivity index is 1.68. The molecule has 2 N–H and O–H groups in total. The van der Waals surface area contributed by atoms with Crippen LogP contribution in [0, 0.1) is 34.6 Å². The molecule has 0 fully saturated rings. The van der Waals surface area contributed by atoms with Gasteiger partial charge in [-0.1, -0.05) is 29.0 Å². The summed E-state index contributed by atoms with van der Waals surface area (Å²) in [6, 6.07) is 11.5. The van der Waals surface area contributed by atoms with E-state index in [0.29, 0.717) is 5.69 Å². The molecule has 3 rings (SSSR count). The van der Waals surface area contributed by atoms with Crippen molar-refractivity contribution < 1.29 is 9.59 Å². The Morgan fingerprint density at radius 3 is 2.34 bits per heavy atom. The van der Waals surface area contributed by atoms with Crippen LogP contribution in [0.5, 0.6) is 0 Å². The van der Waals surface area contributed by atoms with Crippen molar-refractivity contribution in [1.82, 2.24) is 15.0 Å². The van der Waals surface area contributed by atoms with Gasteiger partial charge in [0.05, 0.1) is 5.69 Å². The topological polar surface area (TPSA) is 88.9 Å². The van der Waals surface area contributed by atoms with Gasteiger partial charge in [-0.05, 0) is 69.5 Å². The maximum atomic E-state index is 12.6. The lowest BCUT2D eigenvalue weighted by molar-refractivity contribution is -0.117. The Hall–Kier alpha value is -3.48. The molecule has 0 saturated heterocycles. The van der Waals surface area contributed by atoms with Crippen molar-refractivity contribution in [2.45, 2.75) is 41.2 Å². The number of hydrogen-bond acceptors (Lipinski definition) is 4. The average molecular weight is 391 g/mol. The van der Waals surface area contributed by atoms with Crippen molar-refractivity contribution in [3.63, 3.8) is 0 Å². The van der Waals surface area contributed by atoms with E-state index in [1.807, 2.05) is 64.1 Å². The number of nitrogens with zero attached hydrogens (tertiary/aromatic N) is 3. The predicted octanol–water partition coefficient (Wildman–Crippen LogP) is 3.71. The molecule has 3 aromatic rings. The molecule has 7 nitrogen and oxygen atoms in total. The van der Waals surface area contributed by atoms with Crippen LogP contribution in [-0.2, 0) is 11.3 Å². The van der Waals surface area contributed by atoms with E-state index in [9.17, 15) is 9.59 Å². The highest BCUT2D eigenvalue weighted by atomic mass is 16.2. The summed E-state index contributed by atoms with van der Waals surface area (Å²) in [6.45, 7) is 9.64. The van der Waals surface area contributed by atoms with E-state index in [-0.39, 0.29) is 24.1 Å². The number of aryl methyl sites for hydroxylation is 4. The van der Waals surface area contributed by atoms with Crippen molar-refractivity contribution in [2.75, 3.05) is 10.6 Å². The Morgan fingerprint density at radius 2 is 1.66 bits per heavy atom. The lowest BCUT2D eigenvalue weighted by Gasteiger charge is -2.09. The van der Waals surface area contributed by atoms with Crippen molar-refractivity contribution in [1.29, 1.82) is 0 Å². The van der Waals surface area contributed by atoms with Gasteiger partial charge in [-0.15, -0.1) is 5.10 Å². The smallest absolute Gasteiger partial charge is 0.278 e. The van der Waals surface area contributed by atoms with Gasteiger partial charge in [-0.2, -0.15) is 0 Å². The minimum atomic E-state index is -0.352. The Morgan fingerprint density at radius 1 is 0.897 bits per heavy atom. The van der Waals surface area contributed by atoms with Gasteiger partial charge in [0, 0.05) is 11.4 Å². The van der Waals surface area contributed by atoms with Crippen molar-refractivity contribution in [3.05, 3.63) is 70.0 Å². The van der Waals surface area contributed by atoms with Gasteiger partial charge in [-0.25, -0.2) is 4.68 Å². The molecule has 29 heavy (non-hydrogen) atoms. The van der Waals surface area contributed by atoms with E-state index in [1.165, 1.54) is 4.68 Å². The second-order valence-corrected chi connectivity index (χ2v) is 7.30. The highest BCUT2D eigenvalue weighted by Crippen LogP contribution is 2.18. The number of amides is 2. The van der Waals surface area contributed by atoms with E-state index >= 15 is 0 Å². The molecule has 2 amide bonds. The number of anilines is 2. The number of benzene rings is 2. The first-order valence-electron chi connectivity index (χ1n) is 9.40. The summed E-state index contributed by atoms with van der Waals surface area (Å²) in [7, 11) is 0. The van der Waals surface area contributed by atoms with Crippen LogP contribution in [0.1, 0.15) is 38.4 Å². The summed E-state index contributed by atoms with van der Waals surface area (Å²) in [5, 5.41) is 13.6. The fourth-order valence-electron chi connectivity index (χ4n) is 3.01. The molecule has 1 heterocycles. The Labute approximate surface area is 170 Å². The van der Waals surface area contributed by atoms with Gasteiger partial charge >= 0.3 is 0 Å². The fraction of sp³-hybridized carbons (Fsp3) is 0.273.